The van der Waals surface area contributed by atoms with Crippen LogP contribution in [0, 0.1) is 12.7 Å². The van der Waals surface area contributed by atoms with Gasteiger partial charge in [-0.3, -0.25) is 14.5 Å². The van der Waals surface area contributed by atoms with E-state index in [4.69, 9.17) is 4.74 Å². The maximum atomic E-state index is 13.5. The van der Waals surface area contributed by atoms with Crippen molar-refractivity contribution in [2.24, 2.45) is 0 Å². The van der Waals surface area contributed by atoms with Gasteiger partial charge in [0.15, 0.2) is 0 Å². The Morgan fingerprint density at radius 1 is 1.10 bits per heavy atom. The van der Waals surface area contributed by atoms with E-state index in [1.807, 2.05) is 0 Å². The lowest BCUT2D eigenvalue weighted by Crippen LogP contribution is -2.29. The number of methoxy groups -OCH3 is 1. The molecular weight excluding hydrogens is 409 g/mol. The third kappa shape index (κ3) is 3.33. The number of ketones is 1. The fourth-order valence-electron chi connectivity index (χ4n) is 3.28. The lowest BCUT2D eigenvalue weighted by atomic mass is 9.95. The zero-order valence-corrected chi connectivity index (χ0v) is 16.8. The first-order valence-corrected chi connectivity index (χ1v) is 9.73. The molecule has 152 valence electrons. The number of aromatic nitrogens is 2. The number of nitrogens with zero attached hydrogens (tertiary/aromatic N) is 3. The highest BCUT2D eigenvalue weighted by atomic mass is 32.1. The molecule has 30 heavy (non-hydrogen) atoms. The van der Waals surface area contributed by atoms with E-state index in [2.05, 4.69) is 10.2 Å². The van der Waals surface area contributed by atoms with E-state index >= 15 is 0 Å². The first-order valence-electron chi connectivity index (χ1n) is 8.91. The molecule has 1 saturated heterocycles. The summed E-state index contributed by atoms with van der Waals surface area (Å²) in [6, 6.07) is 10.8. The van der Waals surface area contributed by atoms with E-state index < -0.39 is 23.5 Å². The number of amides is 1. The molecule has 1 aromatic heterocycles. The zero-order valence-electron chi connectivity index (χ0n) is 16.0. The molecule has 2 aromatic carbocycles. The van der Waals surface area contributed by atoms with Gasteiger partial charge >= 0.3 is 5.91 Å². The second-order valence-corrected chi connectivity index (χ2v) is 7.71. The third-order valence-corrected chi connectivity index (χ3v) is 5.55. The average molecular weight is 425 g/mol. The topological polar surface area (TPSA) is 92.6 Å². The number of carbonyl (C=O) groups is 2. The first kappa shape index (κ1) is 19.7. The minimum absolute atomic E-state index is 0.107. The van der Waals surface area contributed by atoms with Crippen LogP contribution in [0.2, 0.25) is 0 Å². The highest BCUT2D eigenvalue weighted by molar-refractivity contribution is 7.15. The molecular formula is C21H16FN3O4S. The molecule has 0 radical (unpaired) electrons. The molecule has 1 N–H and O–H groups in total. The minimum atomic E-state index is -0.972. The SMILES string of the molecule is COc1ccc(/C(O)=C2/C(=O)C(=O)N(c3nnc(C)s3)C2c2ccc(F)cc2)cc1. The Hall–Kier alpha value is -3.59. The third-order valence-electron chi connectivity index (χ3n) is 4.72. The van der Waals surface area contributed by atoms with Crippen LogP contribution in [-0.2, 0) is 9.59 Å². The van der Waals surface area contributed by atoms with Gasteiger partial charge in [-0.25, -0.2) is 4.39 Å². The van der Waals surface area contributed by atoms with E-state index in [1.165, 1.54) is 36.3 Å². The maximum Gasteiger partial charge on any atom is 0.301 e. The van der Waals surface area contributed by atoms with Crippen LogP contribution in [0.25, 0.3) is 5.76 Å². The Morgan fingerprint density at radius 2 is 1.77 bits per heavy atom. The summed E-state index contributed by atoms with van der Waals surface area (Å²) in [5.74, 6) is -1.92. The second-order valence-electron chi connectivity index (χ2n) is 6.55. The summed E-state index contributed by atoms with van der Waals surface area (Å²) in [4.78, 5) is 27.0. The van der Waals surface area contributed by atoms with Gasteiger partial charge in [-0.1, -0.05) is 23.5 Å². The smallest absolute Gasteiger partial charge is 0.301 e. The van der Waals surface area contributed by atoms with Crippen molar-refractivity contribution >= 4 is 33.9 Å². The summed E-state index contributed by atoms with van der Waals surface area (Å²) in [5, 5.41) is 19.7. The lowest BCUT2D eigenvalue weighted by molar-refractivity contribution is -0.132. The molecule has 3 aromatic rings. The molecule has 0 saturated carbocycles. The summed E-state index contributed by atoms with van der Waals surface area (Å²) < 4.78 is 18.6. The van der Waals surface area contributed by atoms with Gasteiger partial charge < -0.3 is 9.84 Å². The van der Waals surface area contributed by atoms with Crippen molar-refractivity contribution < 1.29 is 23.8 Å². The molecule has 0 spiro atoms. The molecule has 1 unspecified atom stereocenters. The van der Waals surface area contributed by atoms with E-state index in [0.29, 0.717) is 21.9 Å². The highest BCUT2D eigenvalue weighted by Crippen LogP contribution is 2.42. The summed E-state index contributed by atoms with van der Waals surface area (Å²) in [7, 11) is 1.51. The molecule has 1 fully saturated rings. The lowest BCUT2D eigenvalue weighted by Gasteiger charge is -2.22. The van der Waals surface area contributed by atoms with Crippen molar-refractivity contribution in [3.8, 4) is 5.75 Å². The molecule has 2 heterocycles. The quantitative estimate of drug-likeness (QED) is 0.390. The van der Waals surface area contributed by atoms with Crippen molar-refractivity contribution in [1.82, 2.24) is 10.2 Å². The predicted molar refractivity (Wildman–Crippen MR) is 109 cm³/mol. The summed E-state index contributed by atoms with van der Waals surface area (Å²) in [5.41, 5.74) is 0.692. The van der Waals surface area contributed by atoms with E-state index in [9.17, 15) is 19.1 Å². The summed E-state index contributed by atoms with van der Waals surface area (Å²) >= 11 is 1.14. The second kappa shape index (κ2) is 7.68. The van der Waals surface area contributed by atoms with Gasteiger partial charge in [0.1, 0.15) is 22.3 Å². The number of aliphatic hydroxyl groups excluding tert-OH is 1. The largest absolute Gasteiger partial charge is 0.507 e. The number of Topliss-reactive ketones (excluding diaryl/α,β-unsaturated/α-hetero) is 1. The number of hydrogen-bond acceptors (Lipinski definition) is 7. The van der Waals surface area contributed by atoms with Gasteiger partial charge in [-0.15, -0.1) is 10.2 Å². The van der Waals surface area contributed by atoms with Crippen molar-refractivity contribution in [3.05, 3.63) is 76.1 Å². The Labute approximate surface area is 175 Å². The Morgan fingerprint density at radius 3 is 2.33 bits per heavy atom. The van der Waals surface area contributed by atoms with Crippen molar-refractivity contribution in [1.29, 1.82) is 0 Å². The molecule has 0 aliphatic carbocycles. The number of carbonyl (C=O) groups excluding carboxylic acids is 2. The van der Waals surface area contributed by atoms with Crippen LogP contribution in [0.3, 0.4) is 0 Å². The predicted octanol–water partition coefficient (Wildman–Crippen LogP) is 3.62. The van der Waals surface area contributed by atoms with Crippen LogP contribution in [0.15, 0.2) is 54.1 Å². The summed E-state index contributed by atoms with van der Waals surface area (Å²) in [6.07, 6.45) is 0. The van der Waals surface area contributed by atoms with E-state index in [1.54, 1.807) is 31.2 Å². The number of anilines is 1. The van der Waals surface area contributed by atoms with Gasteiger partial charge in [0.2, 0.25) is 5.13 Å². The standard InChI is InChI=1S/C21H16FN3O4S/c1-11-23-24-21(30-11)25-17(12-3-7-14(22)8-4-12)16(19(27)20(25)28)18(26)13-5-9-15(29-2)10-6-13/h3-10,17,26H,1-2H3/b18-16-. The molecule has 4 rings (SSSR count). The first-order chi connectivity index (χ1) is 14.4. The van der Waals surface area contributed by atoms with E-state index in [-0.39, 0.29) is 16.5 Å². The number of rotatable bonds is 4. The van der Waals surface area contributed by atoms with Crippen LogP contribution in [-0.4, -0.2) is 34.1 Å². The fourth-order valence-corrected chi connectivity index (χ4v) is 3.99. The van der Waals surface area contributed by atoms with Gasteiger partial charge in [0.05, 0.1) is 18.7 Å². The van der Waals surface area contributed by atoms with Crippen molar-refractivity contribution in [2.45, 2.75) is 13.0 Å². The normalized spacial score (nSPS) is 18.1. The molecule has 0 bridgehead atoms. The zero-order chi connectivity index (χ0) is 21.4. The average Bonchev–Trinajstić information content (AvgIpc) is 3.29. The van der Waals surface area contributed by atoms with Crippen molar-refractivity contribution in [2.75, 3.05) is 12.0 Å². The minimum Gasteiger partial charge on any atom is -0.507 e. The number of hydrogen-bond donors (Lipinski definition) is 1. The van der Waals surface area contributed by atoms with Gasteiger partial charge in [-0.2, -0.15) is 0 Å². The van der Waals surface area contributed by atoms with Crippen LogP contribution in [0.5, 0.6) is 5.75 Å². The number of aliphatic hydroxyl groups is 1. The number of aryl methyl sites for hydroxylation is 1. The Bertz CT molecular complexity index is 1160. The molecule has 1 aliphatic rings. The number of ether oxygens (including phenoxy) is 1. The highest BCUT2D eigenvalue weighted by Gasteiger charge is 2.48. The van der Waals surface area contributed by atoms with Crippen molar-refractivity contribution in [3.63, 3.8) is 0 Å². The number of benzene rings is 2. The monoisotopic (exact) mass is 425 g/mol. The van der Waals surface area contributed by atoms with E-state index in [0.717, 1.165) is 11.3 Å². The molecule has 9 heteroatoms. The fraction of sp³-hybridized carbons (Fsp3) is 0.143. The molecule has 1 aliphatic heterocycles. The maximum absolute atomic E-state index is 13.5. The number of halogens is 1. The molecule has 1 amide bonds. The van der Waals surface area contributed by atoms with Gasteiger partial charge in [0.25, 0.3) is 5.78 Å². The molecule has 7 nitrogen and oxygen atoms in total. The Kier molecular flexibility index (Phi) is 5.04. The van der Waals surface area contributed by atoms with Crippen LogP contribution >= 0.6 is 11.3 Å². The Balaban J connectivity index is 1.91. The van der Waals surface area contributed by atoms with Crippen LogP contribution in [0.1, 0.15) is 22.2 Å². The van der Waals surface area contributed by atoms with Gasteiger partial charge in [-0.05, 0) is 48.9 Å². The molecule has 1 atom stereocenters. The summed E-state index contributed by atoms with van der Waals surface area (Å²) in [6.45, 7) is 1.72. The van der Waals surface area contributed by atoms with Gasteiger partial charge in [0, 0.05) is 5.56 Å². The van der Waals surface area contributed by atoms with Crippen LogP contribution in [0.4, 0.5) is 9.52 Å². The van der Waals surface area contributed by atoms with Crippen LogP contribution < -0.4 is 9.64 Å².